The van der Waals surface area contributed by atoms with Crippen LogP contribution in [-0.2, 0) is 14.4 Å². The van der Waals surface area contributed by atoms with E-state index in [0.29, 0.717) is 45.6 Å². The van der Waals surface area contributed by atoms with E-state index in [1.54, 1.807) is 0 Å². The quantitative estimate of drug-likeness (QED) is 0.0197. The van der Waals surface area contributed by atoms with Crippen LogP contribution in [-0.4, -0.2) is 90.7 Å². The number of carboxylic acid groups (broad SMARTS) is 1. The summed E-state index contributed by atoms with van der Waals surface area (Å²) < 4.78 is 0. The fraction of sp³-hybridized carbons (Fsp3) is 0.942. The second kappa shape index (κ2) is 48.2. The topological polar surface area (TPSA) is 180 Å². The second-order valence-corrected chi connectivity index (χ2v) is 18.9. The van der Waals surface area contributed by atoms with Gasteiger partial charge < -0.3 is 32.1 Å². The largest absolute Gasteiger partial charge is 0.481 e. The molecule has 0 aromatic rings. The summed E-state index contributed by atoms with van der Waals surface area (Å²) in [5.74, 6) is 4.96. The number of rotatable bonds is 51. The summed E-state index contributed by atoms with van der Waals surface area (Å²) in [6.07, 6.45) is 44.0. The molecule has 0 aromatic heterocycles. The van der Waals surface area contributed by atoms with E-state index in [2.05, 4.69) is 24.5 Å². The first-order valence-electron chi connectivity index (χ1n) is 27.2. The van der Waals surface area contributed by atoms with Crippen LogP contribution in [0.25, 0.3) is 0 Å². The molecule has 0 aliphatic carbocycles. The monoisotopic (exact) mass is 894 g/mol. The van der Waals surface area contributed by atoms with E-state index in [1.807, 2.05) is 4.90 Å². The van der Waals surface area contributed by atoms with Gasteiger partial charge in [0, 0.05) is 26.1 Å². The van der Waals surface area contributed by atoms with Gasteiger partial charge in [-0.25, -0.2) is 5.01 Å². The van der Waals surface area contributed by atoms with Crippen LogP contribution in [0.15, 0.2) is 0 Å². The zero-order valence-electron chi connectivity index (χ0n) is 41.8. The third-order valence-electron chi connectivity index (χ3n) is 12.8. The third-order valence-corrected chi connectivity index (χ3v) is 12.8. The molecule has 0 aliphatic rings. The van der Waals surface area contributed by atoms with Crippen LogP contribution < -0.4 is 27.9 Å². The summed E-state index contributed by atoms with van der Waals surface area (Å²) in [4.78, 5) is 41.9. The molecule has 1 unspecified atom stereocenters. The number of amides is 2. The Bertz CT molecular complexity index is 970. The number of hydrazine groups is 1. The molecule has 0 saturated carbocycles. The van der Waals surface area contributed by atoms with Crippen LogP contribution in [0.2, 0.25) is 0 Å². The summed E-state index contributed by atoms with van der Waals surface area (Å²) in [6, 6.07) is -1.56. The Balaban J connectivity index is 5.19. The number of aliphatic carboxylic acids is 1. The number of hydrogen-bond acceptors (Lipinski definition) is 8. The molecule has 9 N–H and O–H groups in total. The van der Waals surface area contributed by atoms with Crippen molar-refractivity contribution in [2.75, 3.05) is 45.8 Å². The van der Waals surface area contributed by atoms with Gasteiger partial charge in [0.15, 0.2) is 0 Å². The van der Waals surface area contributed by atoms with Crippen LogP contribution in [0.4, 0.5) is 0 Å². The molecule has 0 saturated heterocycles. The lowest BCUT2D eigenvalue weighted by Crippen LogP contribution is -2.56. The highest BCUT2D eigenvalue weighted by Crippen LogP contribution is 2.17. The first kappa shape index (κ1) is 61.2. The Morgan fingerprint density at radius 2 is 0.841 bits per heavy atom. The van der Waals surface area contributed by atoms with Crippen molar-refractivity contribution in [2.24, 2.45) is 17.3 Å². The molecule has 0 rings (SSSR count). The Labute approximate surface area is 389 Å². The van der Waals surface area contributed by atoms with Gasteiger partial charge in [-0.1, -0.05) is 206 Å². The predicted octanol–water partition coefficient (Wildman–Crippen LogP) is 11.3. The van der Waals surface area contributed by atoms with Gasteiger partial charge in [-0.15, -0.1) is 0 Å². The number of unbranched alkanes of at least 4 members (excludes halogenated alkanes) is 30. The first-order chi connectivity index (χ1) is 30.8. The average molecular weight is 894 g/mol. The van der Waals surface area contributed by atoms with Gasteiger partial charge in [0.05, 0.1) is 0 Å². The fourth-order valence-electron chi connectivity index (χ4n) is 8.70. The van der Waals surface area contributed by atoms with E-state index in [0.717, 1.165) is 64.5 Å². The third kappa shape index (κ3) is 40.2. The summed E-state index contributed by atoms with van der Waals surface area (Å²) in [5, 5.41) is 17.5. The molecule has 11 nitrogen and oxygen atoms in total. The van der Waals surface area contributed by atoms with Crippen molar-refractivity contribution >= 4 is 17.8 Å². The lowest BCUT2D eigenvalue weighted by atomic mass is 10.0. The zero-order valence-corrected chi connectivity index (χ0v) is 41.8. The van der Waals surface area contributed by atoms with Gasteiger partial charge in [0.2, 0.25) is 11.8 Å². The molecule has 11 heteroatoms. The van der Waals surface area contributed by atoms with Gasteiger partial charge in [-0.3, -0.25) is 20.2 Å². The molecule has 0 radical (unpaired) electrons. The molecule has 374 valence electrons. The Hall–Kier alpha value is -1.79. The van der Waals surface area contributed by atoms with Crippen LogP contribution >= 0.6 is 0 Å². The Morgan fingerprint density at radius 1 is 0.476 bits per heavy atom. The minimum Gasteiger partial charge on any atom is -0.481 e. The van der Waals surface area contributed by atoms with Crippen molar-refractivity contribution in [3.05, 3.63) is 0 Å². The molecule has 0 aliphatic heterocycles. The van der Waals surface area contributed by atoms with Gasteiger partial charge in [-0.2, -0.15) is 0 Å². The Morgan fingerprint density at radius 3 is 1.21 bits per heavy atom. The van der Waals surface area contributed by atoms with Crippen LogP contribution in [0, 0.1) is 0 Å². The lowest BCUT2D eigenvalue weighted by molar-refractivity contribution is -0.140. The molecule has 0 spiro atoms. The summed E-state index contributed by atoms with van der Waals surface area (Å²) in [6.45, 7) is 8.88. The van der Waals surface area contributed by atoms with Crippen molar-refractivity contribution < 1.29 is 19.5 Å². The number of hydrogen-bond donors (Lipinski definition) is 6. The van der Waals surface area contributed by atoms with E-state index in [1.165, 1.54) is 172 Å². The van der Waals surface area contributed by atoms with Crippen molar-refractivity contribution in [1.82, 2.24) is 20.5 Å². The van der Waals surface area contributed by atoms with E-state index in [-0.39, 0.29) is 24.7 Å². The van der Waals surface area contributed by atoms with E-state index in [4.69, 9.17) is 17.3 Å². The molecule has 0 fully saturated rings. The number of carbonyl (C=O) groups excluding carboxylic acids is 2. The van der Waals surface area contributed by atoms with Crippen molar-refractivity contribution in [3.8, 4) is 0 Å². The second-order valence-electron chi connectivity index (χ2n) is 18.9. The minimum atomic E-state index is -0.979. The number of nitrogens with one attached hydrogen (secondary N) is 2. The van der Waals surface area contributed by atoms with Gasteiger partial charge >= 0.3 is 5.97 Å². The molecule has 2 amide bonds. The standard InChI is InChI=1S/C52H107N7O4/c1-3-5-7-9-11-13-15-17-19-21-23-25-27-29-31-33-45-58(46-34-32-30-28-26-24-22-20-18-16-14-12-10-8-6-4-2)52(63)48(39-40-50(60)61)57-51(62)49(59(55)47-37-42-54)38-35-43-56-44-36-41-53/h48-49,56H,3-47,53-55H2,1-2H3,(H,57,62)(H,60,61)/t48?,49-/m1/s1. The highest BCUT2D eigenvalue weighted by atomic mass is 16.4. The van der Waals surface area contributed by atoms with Crippen molar-refractivity contribution in [3.63, 3.8) is 0 Å². The molecule has 0 aromatic carbocycles. The molecular formula is C52H107N7O4. The van der Waals surface area contributed by atoms with Gasteiger partial charge in [-0.05, 0) is 71.1 Å². The molecule has 0 heterocycles. The van der Waals surface area contributed by atoms with Crippen LogP contribution in [0.5, 0.6) is 0 Å². The van der Waals surface area contributed by atoms with Gasteiger partial charge in [0.1, 0.15) is 12.1 Å². The van der Waals surface area contributed by atoms with Crippen molar-refractivity contribution in [2.45, 2.75) is 270 Å². The molecule has 0 bridgehead atoms. The summed E-state index contributed by atoms with van der Waals surface area (Å²) in [5.41, 5.74) is 11.4. The Kier molecular flexibility index (Phi) is 46.8. The van der Waals surface area contributed by atoms with E-state index < -0.39 is 18.1 Å². The maximum Gasteiger partial charge on any atom is 0.303 e. The minimum absolute atomic E-state index is 0.0507. The van der Waals surface area contributed by atoms with Crippen molar-refractivity contribution in [1.29, 1.82) is 0 Å². The molecule has 2 atom stereocenters. The fourth-order valence-corrected chi connectivity index (χ4v) is 8.70. The number of nitrogens with zero attached hydrogens (tertiary/aromatic N) is 2. The zero-order chi connectivity index (χ0) is 46.3. The number of carbonyl (C=O) groups is 3. The summed E-state index contributed by atoms with van der Waals surface area (Å²) >= 11 is 0. The highest BCUT2D eigenvalue weighted by Gasteiger charge is 2.31. The van der Waals surface area contributed by atoms with Crippen LogP contribution in [0.3, 0.4) is 0 Å². The predicted molar refractivity (Wildman–Crippen MR) is 269 cm³/mol. The first-order valence-corrected chi connectivity index (χ1v) is 27.2. The SMILES string of the molecule is CCCCCCCCCCCCCCCCCCN(CCCCCCCCCCCCCCCCCC)C(=O)C(CCC(=O)O)NC(=O)[C@@H](CCCNCCCN)N(N)CCCN. The molecule has 63 heavy (non-hydrogen) atoms. The number of nitrogens with two attached hydrogens (primary N) is 3. The smallest absolute Gasteiger partial charge is 0.303 e. The lowest BCUT2D eigenvalue weighted by Gasteiger charge is -2.31. The molecular weight excluding hydrogens is 787 g/mol. The maximum absolute atomic E-state index is 14.3. The van der Waals surface area contributed by atoms with E-state index >= 15 is 0 Å². The van der Waals surface area contributed by atoms with Crippen LogP contribution in [0.1, 0.15) is 258 Å². The van der Waals surface area contributed by atoms with Gasteiger partial charge in [0.25, 0.3) is 0 Å². The van der Waals surface area contributed by atoms with E-state index in [9.17, 15) is 19.5 Å². The average Bonchev–Trinajstić information content (AvgIpc) is 3.27. The maximum atomic E-state index is 14.3. The normalized spacial score (nSPS) is 12.5. The summed E-state index contributed by atoms with van der Waals surface area (Å²) in [7, 11) is 0. The highest BCUT2D eigenvalue weighted by molar-refractivity contribution is 5.90. The number of carboxylic acids is 1.